The number of furan rings is 1. The molecule has 1 atom stereocenters. The zero-order chi connectivity index (χ0) is 17.5. The fourth-order valence-electron chi connectivity index (χ4n) is 3.28. The maximum Gasteiger partial charge on any atom is 0.243 e. The Kier molecular flexibility index (Phi) is 5.88. The van der Waals surface area contributed by atoms with Crippen molar-refractivity contribution in [1.82, 2.24) is 10.2 Å². The molecule has 1 N–H and O–H groups in total. The Hall–Kier alpha value is -2.56. The number of likely N-dealkylation sites (tertiary alicyclic amines) is 1. The SMILES string of the molecule is O=C(NCc1ccco1)[C@H]1CCCN1C(=O)CCCc1ccccc1. The molecule has 0 aliphatic carbocycles. The Labute approximate surface area is 148 Å². The summed E-state index contributed by atoms with van der Waals surface area (Å²) in [6.45, 7) is 1.03. The number of carbonyl (C=O) groups excluding carboxylic acids is 2. The molecule has 0 spiro atoms. The van der Waals surface area contributed by atoms with Gasteiger partial charge in [0.25, 0.3) is 0 Å². The standard InChI is InChI=1S/C20H24N2O3/c23-19(12-4-9-16-7-2-1-3-8-16)22-13-5-11-18(22)20(24)21-15-17-10-6-14-25-17/h1-3,6-8,10,14,18H,4-5,9,11-13,15H2,(H,21,24)/t18-/m1/s1. The van der Waals surface area contributed by atoms with Gasteiger partial charge in [0, 0.05) is 13.0 Å². The lowest BCUT2D eigenvalue weighted by Gasteiger charge is -2.24. The summed E-state index contributed by atoms with van der Waals surface area (Å²) in [5.74, 6) is 0.698. The van der Waals surface area contributed by atoms with Crippen molar-refractivity contribution in [2.75, 3.05) is 6.54 Å². The predicted octanol–water partition coefficient (Wildman–Crippen LogP) is 2.91. The highest BCUT2D eigenvalue weighted by atomic mass is 16.3. The first kappa shape index (κ1) is 17.3. The van der Waals surface area contributed by atoms with Crippen LogP contribution in [0.15, 0.2) is 53.1 Å². The van der Waals surface area contributed by atoms with Gasteiger partial charge < -0.3 is 14.6 Å². The third kappa shape index (κ3) is 4.72. The third-order valence-electron chi connectivity index (χ3n) is 4.59. The van der Waals surface area contributed by atoms with Crippen LogP contribution in [0.4, 0.5) is 0 Å². The summed E-state index contributed by atoms with van der Waals surface area (Å²) in [6.07, 6.45) is 5.37. The van der Waals surface area contributed by atoms with Gasteiger partial charge in [-0.05, 0) is 43.4 Å². The van der Waals surface area contributed by atoms with Crippen molar-refractivity contribution in [2.45, 2.75) is 44.7 Å². The molecule has 1 aromatic carbocycles. The molecule has 3 rings (SSSR count). The van der Waals surface area contributed by atoms with E-state index in [0.29, 0.717) is 25.3 Å². The topological polar surface area (TPSA) is 62.6 Å². The van der Waals surface area contributed by atoms with E-state index in [1.165, 1.54) is 5.56 Å². The molecule has 5 nitrogen and oxygen atoms in total. The average Bonchev–Trinajstić information content (AvgIpc) is 3.32. The van der Waals surface area contributed by atoms with Gasteiger partial charge in [-0.2, -0.15) is 0 Å². The summed E-state index contributed by atoms with van der Waals surface area (Å²) in [4.78, 5) is 26.7. The second-order valence-electron chi connectivity index (χ2n) is 6.38. The third-order valence-corrected chi connectivity index (χ3v) is 4.59. The van der Waals surface area contributed by atoms with Gasteiger partial charge in [-0.15, -0.1) is 0 Å². The molecule has 1 aromatic heterocycles. The molecule has 2 amide bonds. The van der Waals surface area contributed by atoms with E-state index in [1.807, 2.05) is 24.3 Å². The smallest absolute Gasteiger partial charge is 0.243 e. The van der Waals surface area contributed by atoms with E-state index < -0.39 is 0 Å². The Bertz CT molecular complexity index is 682. The first-order valence-electron chi connectivity index (χ1n) is 8.87. The normalized spacial score (nSPS) is 16.8. The maximum atomic E-state index is 12.5. The summed E-state index contributed by atoms with van der Waals surface area (Å²) in [5.41, 5.74) is 1.24. The number of hydrogen-bond donors (Lipinski definition) is 1. The molecule has 1 fully saturated rings. The molecule has 1 aliphatic rings. The monoisotopic (exact) mass is 340 g/mol. The summed E-state index contributed by atoms with van der Waals surface area (Å²) in [7, 11) is 0. The van der Waals surface area contributed by atoms with Gasteiger partial charge in [-0.1, -0.05) is 30.3 Å². The second kappa shape index (κ2) is 8.51. The largest absolute Gasteiger partial charge is 0.467 e. The molecule has 1 aliphatic heterocycles. The first-order valence-corrected chi connectivity index (χ1v) is 8.87. The van der Waals surface area contributed by atoms with Crippen LogP contribution in [-0.2, 0) is 22.6 Å². The van der Waals surface area contributed by atoms with E-state index in [1.54, 1.807) is 17.2 Å². The number of carbonyl (C=O) groups is 2. The minimum absolute atomic E-state index is 0.0755. The van der Waals surface area contributed by atoms with Crippen molar-refractivity contribution >= 4 is 11.8 Å². The summed E-state index contributed by atoms with van der Waals surface area (Å²) in [6, 6.07) is 13.4. The molecule has 0 unspecified atom stereocenters. The zero-order valence-corrected chi connectivity index (χ0v) is 14.3. The van der Waals surface area contributed by atoms with Gasteiger partial charge in [0.2, 0.25) is 11.8 Å². The van der Waals surface area contributed by atoms with Crippen molar-refractivity contribution in [3.63, 3.8) is 0 Å². The van der Waals surface area contributed by atoms with Crippen LogP contribution in [0.25, 0.3) is 0 Å². The van der Waals surface area contributed by atoms with Crippen LogP contribution >= 0.6 is 0 Å². The lowest BCUT2D eigenvalue weighted by Crippen LogP contribution is -2.45. The molecular formula is C20H24N2O3. The number of nitrogens with one attached hydrogen (secondary N) is 1. The molecular weight excluding hydrogens is 316 g/mol. The van der Waals surface area contributed by atoms with E-state index in [0.717, 1.165) is 25.7 Å². The maximum absolute atomic E-state index is 12.5. The van der Waals surface area contributed by atoms with Gasteiger partial charge in [0.1, 0.15) is 11.8 Å². The lowest BCUT2D eigenvalue weighted by molar-refractivity contribution is -0.138. The van der Waals surface area contributed by atoms with E-state index in [4.69, 9.17) is 4.42 Å². The Balaban J connectivity index is 1.46. The molecule has 5 heteroatoms. The van der Waals surface area contributed by atoms with E-state index in [2.05, 4.69) is 17.4 Å². The number of amides is 2. The second-order valence-corrected chi connectivity index (χ2v) is 6.38. The number of aryl methyl sites for hydroxylation is 1. The first-order chi connectivity index (χ1) is 12.2. The van der Waals surface area contributed by atoms with Gasteiger partial charge in [0.15, 0.2) is 0 Å². The lowest BCUT2D eigenvalue weighted by atomic mass is 10.1. The average molecular weight is 340 g/mol. The predicted molar refractivity (Wildman–Crippen MR) is 94.7 cm³/mol. The van der Waals surface area contributed by atoms with E-state index in [-0.39, 0.29) is 17.9 Å². The molecule has 132 valence electrons. The Morgan fingerprint density at radius 2 is 2.00 bits per heavy atom. The van der Waals surface area contributed by atoms with Crippen LogP contribution < -0.4 is 5.32 Å². The van der Waals surface area contributed by atoms with Crippen molar-refractivity contribution in [3.8, 4) is 0 Å². The van der Waals surface area contributed by atoms with Crippen molar-refractivity contribution in [2.24, 2.45) is 0 Å². The number of hydrogen-bond acceptors (Lipinski definition) is 3. The molecule has 25 heavy (non-hydrogen) atoms. The van der Waals surface area contributed by atoms with Crippen molar-refractivity contribution in [3.05, 3.63) is 60.1 Å². The van der Waals surface area contributed by atoms with Crippen LogP contribution in [0.3, 0.4) is 0 Å². The van der Waals surface area contributed by atoms with Gasteiger partial charge in [-0.3, -0.25) is 9.59 Å². The zero-order valence-electron chi connectivity index (χ0n) is 14.3. The highest BCUT2D eigenvalue weighted by molar-refractivity contribution is 5.88. The van der Waals surface area contributed by atoms with Crippen LogP contribution in [0, 0.1) is 0 Å². The van der Waals surface area contributed by atoms with Crippen LogP contribution in [-0.4, -0.2) is 29.3 Å². The summed E-state index contributed by atoms with van der Waals surface area (Å²) < 4.78 is 5.22. The number of rotatable bonds is 7. The van der Waals surface area contributed by atoms with Gasteiger partial charge >= 0.3 is 0 Å². The van der Waals surface area contributed by atoms with Crippen LogP contribution in [0.2, 0.25) is 0 Å². The molecule has 1 saturated heterocycles. The van der Waals surface area contributed by atoms with E-state index >= 15 is 0 Å². The Morgan fingerprint density at radius 3 is 2.76 bits per heavy atom. The van der Waals surface area contributed by atoms with Crippen LogP contribution in [0.1, 0.15) is 37.0 Å². The molecule has 2 aromatic rings. The molecule has 0 saturated carbocycles. The minimum atomic E-state index is -0.348. The minimum Gasteiger partial charge on any atom is -0.467 e. The number of benzene rings is 1. The highest BCUT2D eigenvalue weighted by Crippen LogP contribution is 2.19. The van der Waals surface area contributed by atoms with Crippen LogP contribution in [0.5, 0.6) is 0 Å². The number of nitrogens with zero attached hydrogens (tertiary/aromatic N) is 1. The molecule has 0 bridgehead atoms. The summed E-state index contributed by atoms with van der Waals surface area (Å²) >= 11 is 0. The van der Waals surface area contributed by atoms with Crippen molar-refractivity contribution < 1.29 is 14.0 Å². The molecule has 0 radical (unpaired) electrons. The fourth-order valence-corrected chi connectivity index (χ4v) is 3.28. The fraction of sp³-hybridized carbons (Fsp3) is 0.400. The molecule has 2 heterocycles. The van der Waals surface area contributed by atoms with Gasteiger partial charge in [0.05, 0.1) is 12.8 Å². The van der Waals surface area contributed by atoms with Gasteiger partial charge in [-0.25, -0.2) is 0 Å². The summed E-state index contributed by atoms with van der Waals surface area (Å²) in [5, 5.41) is 2.87. The quantitative estimate of drug-likeness (QED) is 0.843. The Morgan fingerprint density at radius 1 is 1.16 bits per heavy atom. The highest BCUT2D eigenvalue weighted by Gasteiger charge is 2.33. The van der Waals surface area contributed by atoms with Crippen molar-refractivity contribution in [1.29, 1.82) is 0 Å². The van der Waals surface area contributed by atoms with E-state index in [9.17, 15) is 9.59 Å².